The molecule has 2 aromatic carbocycles. The minimum atomic E-state index is 0.678. The first kappa shape index (κ1) is 19.6. The first-order valence-electron chi connectivity index (χ1n) is 10.9. The molecule has 0 amide bonds. The summed E-state index contributed by atoms with van der Waals surface area (Å²) in [5, 5.41) is 10.1. The third kappa shape index (κ3) is 3.24. The van der Waals surface area contributed by atoms with Crippen molar-refractivity contribution in [3.05, 3.63) is 76.3 Å². The number of pyridine rings is 1. The zero-order chi connectivity index (χ0) is 21.5. The van der Waals surface area contributed by atoms with Gasteiger partial charge in [0.1, 0.15) is 11.9 Å². The molecule has 1 aliphatic rings. The smallest absolute Gasteiger partial charge is 0.157 e. The highest BCUT2D eigenvalue weighted by Gasteiger charge is 2.26. The highest BCUT2D eigenvalue weighted by Crippen LogP contribution is 2.35. The van der Waals surface area contributed by atoms with Gasteiger partial charge in [-0.15, -0.1) is 0 Å². The van der Waals surface area contributed by atoms with Crippen LogP contribution in [0.5, 0.6) is 0 Å². The Labute approximate surface area is 183 Å². The zero-order valence-corrected chi connectivity index (χ0v) is 18.4. The molecular formula is C26H27N5. The van der Waals surface area contributed by atoms with Crippen LogP contribution in [0.4, 0.5) is 5.82 Å². The Hall–Kier alpha value is -3.36. The SMILES string of the molecule is Cc1ccccc1Cc1c(C)c(C#N)c2nc3ccccc3n2c1N1CCN(C)CC1. The van der Waals surface area contributed by atoms with Crippen molar-refractivity contribution >= 4 is 22.5 Å². The monoisotopic (exact) mass is 409 g/mol. The fourth-order valence-electron chi connectivity index (χ4n) is 4.72. The number of aryl methyl sites for hydroxylation is 1. The van der Waals surface area contributed by atoms with Crippen LogP contribution in [0.15, 0.2) is 48.5 Å². The van der Waals surface area contributed by atoms with Crippen LogP contribution < -0.4 is 4.90 Å². The van der Waals surface area contributed by atoms with Crippen molar-refractivity contribution in [1.29, 1.82) is 5.26 Å². The van der Waals surface area contributed by atoms with Crippen molar-refractivity contribution in [2.24, 2.45) is 0 Å². The molecule has 4 aromatic rings. The van der Waals surface area contributed by atoms with Crippen LogP contribution in [0.2, 0.25) is 0 Å². The predicted octanol–water partition coefficient (Wildman–Crippen LogP) is 4.32. The van der Waals surface area contributed by atoms with E-state index in [2.05, 4.69) is 77.6 Å². The number of aromatic nitrogens is 2. The standard InChI is InChI=1S/C26H27N5/c1-18-8-4-5-9-20(18)16-21-19(2)22(17-27)25-28-23-10-6-7-11-24(23)31(25)26(21)30-14-12-29(3)13-15-30/h4-11H,12-16H2,1-3H3. The quantitative estimate of drug-likeness (QED) is 0.506. The molecule has 156 valence electrons. The lowest BCUT2D eigenvalue weighted by atomic mass is 9.95. The van der Waals surface area contributed by atoms with Crippen molar-refractivity contribution in [3.63, 3.8) is 0 Å². The average Bonchev–Trinajstić information content (AvgIpc) is 3.15. The Morgan fingerprint density at radius 1 is 0.968 bits per heavy atom. The van der Waals surface area contributed by atoms with Gasteiger partial charge in [0, 0.05) is 38.2 Å². The number of hydrogen-bond donors (Lipinski definition) is 0. The van der Waals surface area contributed by atoms with E-state index in [0.717, 1.165) is 54.8 Å². The molecule has 1 saturated heterocycles. The molecule has 31 heavy (non-hydrogen) atoms. The summed E-state index contributed by atoms with van der Waals surface area (Å²) in [4.78, 5) is 9.75. The number of benzene rings is 2. The molecule has 0 spiro atoms. The Kier molecular flexibility index (Phi) is 4.88. The number of para-hydroxylation sites is 2. The summed E-state index contributed by atoms with van der Waals surface area (Å²) in [5.74, 6) is 1.19. The Morgan fingerprint density at radius 2 is 1.68 bits per heavy atom. The van der Waals surface area contributed by atoms with E-state index in [4.69, 9.17) is 4.98 Å². The largest absolute Gasteiger partial charge is 0.355 e. The topological polar surface area (TPSA) is 47.6 Å². The van der Waals surface area contributed by atoms with Crippen molar-refractivity contribution in [2.75, 3.05) is 38.1 Å². The summed E-state index contributed by atoms with van der Waals surface area (Å²) in [7, 11) is 2.18. The lowest BCUT2D eigenvalue weighted by Crippen LogP contribution is -2.45. The van der Waals surface area contributed by atoms with Crippen LogP contribution in [0.1, 0.15) is 27.8 Å². The maximum Gasteiger partial charge on any atom is 0.157 e. The van der Waals surface area contributed by atoms with E-state index < -0.39 is 0 Å². The van der Waals surface area contributed by atoms with Gasteiger partial charge in [-0.1, -0.05) is 36.4 Å². The summed E-state index contributed by atoms with van der Waals surface area (Å²) >= 11 is 0. The van der Waals surface area contributed by atoms with Gasteiger partial charge >= 0.3 is 0 Å². The van der Waals surface area contributed by atoms with E-state index in [9.17, 15) is 5.26 Å². The first-order valence-corrected chi connectivity index (χ1v) is 10.9. The molecule has 0 radical (unpaired) electrons. The van der Waals surface area contributed by atoms with Gasteiger partial charge in [-0.2, -0.15) is 5.26 Å². The first-order chi connectivity index (χ1) is 15.1. The Balaban J connectivity index is 1.84. The number of hydrogen-bond acceptors (Lipinski definition) is 4. The van der Waals surface area contributed by atoms with Gasteiger partial charge in [0.2, 0.25) is 0 Å². The molecule has 0 unspecified atom stereocenters. The third-order valence-corrected chi connectivity index (χ3v) is 6.64. The van der Waals surface area contributed by atoms with Gasteiger partial charge in [-0.05, 0) is 49.7 Å². The summed E-state index contributed by atoms with van der Waals surface area (Å²) in [6.45, 7) is 8.23. The van der Waals surface area contributed by atoms with Gasteiger partial charge in [0.05, 0.1) is 16.6 Å². The molecule has 5 nitrogen and oxygen atoms in total. The van der Waals surface area contributed by atoms with E-state index in [1.807, 2.05) is 12.1 Å². The van der Waals surface area contributed by atoms with Crippen LogP contribution in [-0.2, 0) is 6.42 Å². The van der Waals surface area contributed by atoms with E-state index in [-0.39, 0.29) is 0 Å². The average molecular weight is 410 g/mol. The molecule has 5 rings (SSSR count). The molecule has 0 saturated carbocycles. The molecule has 3 heterocycles. The minimum Gasteiger partial charge on any atom is -0.355 e. The molecule has 5 heteroatoms. The molecule has 1 fully saturated rings. The van der Waals surface area contributed by atoms with Crippen molar-refractivity contribution in [2.45, 2.75) is 20.3 Å². The van der Waals surface area contributed by atoms with Crippen molar-refractivity contribution in [1.82, 2.24) is 14.3 Å². The number of fused-ring (bicyclic) bond motifs is 3. The summed E-state index contributed by atoms with van der Waals surface area (Å²) in [6, 6.07) is 19.2. The number of imidazole rings is 1. The molecule has 1 aliphatic heterocycles. The molecule has 0 N–H and O–H groups in total. The second kappa shape index (κ2) is 7.72. The van der Waals surface area contributed by atoms with Gasteiger partial charge in [0.25, 0.3) is 0 Å². The Bertz CT molecular complexity index is 1320. The second-order valence-electron chi connectivity index (χ2n) is 8.57. The number of piperazine rings is 1. The number of rotatable bonds is 3. The maximum absolute atomic E-state index is 10.1. The number of anilines is 1. The fraction of sp³-hybridized carbons (Fsp3) is 0.308. The van der Waals surface area contributed by atoms with Crippen LogP contribution in [0.25, 0.3) is 16.7 Å². The van der Waals surface area contributed by atoms with E-state index in [1.54, 1.807) is 0 Å². The number of nitrogens with zero attached hydrogens (tertiary/aromatic N) is 5. The second-order valence-corrected chi connectivity index (χ2v) is 8.57. The lowest BCUT2D eigenvalue weighted by molar-refractivity contribution is 0.311. The molecule has 0 bridgehead atoms. The van der Waals surface area contributed by atoms with Crippen molar-refractivity contribution < 1.29 is 0 Å². The minimum absolute atomic E-state index is 0.678. The fourth-order valence-corrected chi connectivity index (χ4v) is 4.72. The van der Waals surface area contributed by atoms with E-state index >= 15 is 0 Å². The van der Waals surface area contributed by atoms with Gasteiger partial charge in [-0.3, -0.25) is 4.40 Å². The summed E-state index contributed by atoms with van der Waals surface area (Å²) in [5.41, 5.74) is 8.29. The highest BCUT2D eigenvalue weighted by atomic mass is 15.3. The maximum atomic E-state index is 10.1. The number of nitriles is 1. The Morgan fingerprint density at radius 3 is 2.42 bits per heavy atom. The third-order valence-electron chi connectivity index (χ3n) is 6.64. The van der Waals surface area contributed by atoms with Crippen LogP contribution in [0.3, 0.4) is 0 Å². The van der Waals surface area contributed by atoms with Gasteiger partial charge in [-0.25, -0.2) is 4.98 Å². The normalized spacial score (nSPS) is 15.0. The molecule has 0 aliphatic carbocycles. The van der Waals surface area contributed by atoms with E-state index in [1.165, 1.54) is 22.5 Å². The van der Waals surface area contributed by atoms with Crippen LogP contribution in [-0.4, -0.2) is 47.5 Å². The lowest BCUT2D eigenvalue weighted by Gasteiger charge is -2.36. The van der Waals surface area contributed by atoms with Gasteiger partial charge in [0.15, 0.2) is 5.65 Å². The molecular weight excluding hydrogens is 382 g/mol. The van der Waals surface area contributed by atoms with Crippen molar-refractivity contribution in [3.8, 4) is 6.07 Å². The highest BCUT2D eigenvalue weighted by molar-refractivity contribution is 5.86. The summed E-state index contributed by atoms with van der Waals surface area (Å²) in [6.07, 6.45) is 0.803. The predicted molar refractivity (Wildman–Crippen MR) is 126 cm³/mol. The van der Waals surface area contributed by atoms with Crippen LogP contribution in [0, 0.1) is 25.2 Å². The zero-order valence-electron chi connectivity index (χ0n) is 18.4. The van der Waals surface area contributed by atoms with E-state index in [0.29, 0.717) is 5.56 Å². The molecule has 0 atom stereocenters. The molecule has 2 aromatic heterocycles. The summed E-state index contributed by atoms with van der Waals surface area (Å²) < 4.78 is 2.24. The van der Waals surface area contributed by atoms with Gasteiger partial charge < -0.3 is 9.80 Å². The van der Waals surface area contributed by atoms with Crippen LogP contribution >= 0.6 is 0 Å². The number of likely N-dealkylation sites (N-methyl/N-ethyl adjacent to an activating group) is 1.